The normalized spacial score (nSPS) is 21.6. The average Bonchev–Trinajstić information content (AvgIpc) is 2.49. The zero-order valence-electron chi connectivity index (χ0n) is 8.36. The number of ether oxygens (including phenoxy) is 1. The van der Waals surface area contributed by atoms with E-state index in [1.54, 1.807) is 12.0 Å². The number of primary amides is 1. The summed E-state index contributed by atoms with van der Waals surface area (Å²) in [5.74, 6) is -0.664. The van der Waals surface area contributed by atoms with E-state index >= 15 is 0 Å². The maximum absolute atomic E-state index is 11.4. The van der Waals surface area contributed by atoms with Crippen LogP contribution >= 0.6 is 0 Å². The van der Waals surface area contributed by atoms with Crippen molar-refractivity contribution >= 4 is 11.8 Å². The molecule has 80 valence electrons. The number of rotatable bonds is 5. The Labute approximate surface area is 83.2 Å². The summed E-state index contributed by atoms with van der Waals surface area (Å²) in [6.45, 7) is 1.75. The van der Waals surface area contributed by atoms with Crippen molar-refractivity contribution in [2.75, 3.05) is 26.8 Å². The SMILES string of the molecule is COCCCN1C[C@@H](C(N)=O)CC1=O. The van der Waals surface area contributed by atoms with Gasteiger partial charge in [0.25, 0.3) is 0 Å². The standard InChI is InChI=1S/C9H16N2O3/c1-14-4-2-3-11-6-7(9(10)13)5-8(11)12/h7H,2-6H2,1H3,(H2,10,13)/t7-/m0/s1. The number of hydrogen-bond acceptors (Lipinski definition) is 3. The predicted octanol–water partition coefficient (Wildman–Crippen LogP) is -0.643. The summed E-state index contributed by atoms with van der Waals surface area (Å²) in [5.41, 5.74) is 5.13. The summed E-state index contributed by atoms with van der Waals surface area (Å²) >= 11 is 0. The Morgan fingerprint density at radius 3 is 2.93 bits per heavy atom. The zero-order valence-corrected chi connectivity index (χ0v) is 8.36. The molecule has 0 bridgehead atoms. The molecule has 1 atom stereocenters. The monoisotopic (exact) mass is 200 g/mol. The van der Waals surface area contributed by atoms with Gasteiger partial charge in [0.15, 0.2) is 0 Å². The summed E-state index contributed by atoms with van der Waals surface area (Å²) in [4.78, 5) is 23.9. The summed E-state index contributed by atoms with van der Waals surface area (Å²) in [5, 5.41) is 0. The lowest BCUT2D eigenvalue weighted by atomic mass is 10.1. The Morgan fingerprint density at radius 2 is 2.43 bits per heavy atom. The molecule has 5 nitrogen and oxygen atoms in total. The van der Waals surface area contributed by atoms with E-state index in [0.29, 0.717) is 19.7 Å². The number of nitrogens with two attached hydrogens (primary N) is 1. The van der Waals surface area contributed by atoms with Crippen LogP contribution < -0.4 is 5.73 Å². The minimum atomic E-state index is -0.382. The molecule has 0 unspecified atom stereocenters. The third-order valence-corrected chi connectivity index (χ3v) is 2.39. The Hall–Kier alpha value is -1.10. The van der Waals surface area contributed by atoms with E-state index in [4.69, 9.17) is 10.5 Å². The molecular formula is C9H16N2O3. The molecule has 1 aliphatic heterocycles. The first-order chi connectivity index (χ1) is 6.65. The van der Waals surface area contributed by atoms with Gasteiger partial charge in [0, 0.05) is 33.2 Å². The van der Waals surface area contributed by atoms with Crippen molar-refractivity contribution in [2.24, 2.45) is 11.7 Å². The quantitative estimate of drug-likeness (QED) is 0.600. The number of likely N-dealkylation sites (tertiary alicyclic amines) is 1. The number of methoxy groups -OCH3 is 1. The first-order valence-corrected chi connectivity index (χ1v) is 4.71. The lowest BCUT2D eigenvalue weighted by molar-refractivity contribution is -0.128. The van der Waals surface area contributed by atoms with E-state index in [1.807, 2.05) is 0 Å². The lowest BCUT2D eigenvalue weighted by Crippen LogP contribution is -2.29. The van der Waals surface area contributed by atoms with Gasteiger partial charge in [-0.05, 0) is 6.42 Å². The van der Waals surface area contributed by atoms with Crippen molar-refractivity contribution in [3.63, 3.8) is 0 Å². The highest BCUT2D eigenvalue weighted by Crippen LogP contribution is 2.17. The molecule has 1 heterocycles. The zero-order chi connectivity index (χ0) is 10.6. The number of carbonyl (C=O) groups is 2. The highest BCUT2D eigenvalue weighted by molar-refractivity contribution is 5.88. The minimum Gasteiger partial charge on any atom is -0.385 e. The first kappa shape index (κ1) is 11.0. The number of carbonyl (C=O) groups excluding carboxylic acids is 2. The van der Waals surface area contributed by atoms with Crippen LogP contribution in [-0.2, 0) is 14.3 Å². The summed E-state index contributed by atoms with van der Waals surface area (Å²) in [6, 6.07) is 0. The van der Waals surface area contributed by atoms with Crippen LogP contribution in [0, 0.1) is 5.92 Å². The van der Waals surface area contributed by atoms with Crippen molar-refractivity contribution < 1.29 is 14.3 Å². The van der Waals surface area contributed by atoms with E-state index in [-0.39, 0.29) is 24.2 Å². The fourth-order valence-corrected chi connectivity index (χ4v) is 1.58. The van der Waals surface area contributed by atoms with Crippen LogP contribution in [0.3, 0.4) is 0 Å². The summed E-state index contributed by atoms with van der Waals surface area (Å²) in [7, 11) is 1.62. The second-order valence-corrected chi connectivity index (χ2v) is 3.49. The van der Waals surface area contributed by atoms with E-state index < -0.39 is 0 Å². The smallest absolute Gasteiger partial charge is 0.223 e. The molecule has 5 heteroatoms. The Balaban J connectivity index is 2.33. The Kier molecular flexibility index (Phi) is 3.88. The predicted molar refractivity (Wildman–Crippen MR) is 50.4 cm³/mol. The van der Waals surface area contributed by atoms with Gasteiger partial charge in [0.2, 0.25) is 11.8 Å². The van der Waals surface area contributed by atoms with Crippen LogP contribution in [-0.4, -0.2) is 43.5 Å². The second-order valence-electron chi connectivity index (χ2n) is 3.49. The molecule has 2 amide bonds. The van der Waals surface area contributed by atoms with Gasteiger partial charge in [0.1, 0.15) is 0 Å². The molecule has 1 rings (SSSR count). The molecule has 0 saturated carbocycles. The van der Waals surface area contributed by atoms with Gasteiger partial charge in [-0.1, -0.05) is 0 Å². The molecule has 0 aromatic rings. The number of hydrogen-bond donors (Lipinski definition) is 1. The second kappa shape index (κ2) is 4.95. The Morgan fingerprint density at radius 1 is 1.71 bits per heavy atom. The van der Waals surface area contributed by atoms with Crippen LogP contribution in [0.4, 0.5) is 0 Å². The third-order valence-electron chi connectivity index (χ3n) is 2.39. The van der Waals surface area contributed by atoms with Crippen LogP contribution in [0.25, 0.3) is 0 Å². The summed E-state index contributed by atoms with van der Waals surface area (Å²) in [6.07, 6.45) is 1.07. The van der Waals surface area contributed by atoms with Crippen molar-refractivity contribution in [3.05, 3.63) is 0 Å². The Bertz CT molecular complexity index is 230. The molecule has 0 aromatic heterocycles. The van der Waals surface area contributed by atoms with Gasteiger partial charge >= 0.3 is 0 Å². The van der Waals surface area contributed by atoms with Crippen molar-refractivity contribution in [2.45, 2.75) is 12.8 Å². The molecule has 1 aliphatic rings. The van der Waals surface area contributed by atoms with Crippen LogP contribution in [0.5, 0.6) is 0 Å². The van der Waals surface area contributed by atoms with Crippen LogP contribution in [0.15, 0.2) is 0 Å². The number of amides is 2. The molecule has 0 radical (unpaired) electrons. The molecule has 2 N–H and O–H groups in total. The maximum Gasteiger partial charge on any atom is 0.223 e. The van der Waals surface area contributed by atoms with Crippen LogP contribution in [0.1, 0.15) is 12.8 Å². The molecule has 14 heavy (non-hydrogen) atoms. The maximum atomic E-state index is 11.4. The van der Waals surface area contributed by atoms with Crippen molar-refractivity contribution in [3.8, 4) is 0 Å². The van der Waals surface area contributed by atoms with Gasteiger partial charge in [0.05, 0.1) is 5.92 Å². The molecule has 1 fully saturated rings. The highest BCUT2D eigenvalue weighted by Gasteiger charge is 2.32. The van der Waals surface area contributed by atoms with Gasteiger partial charge in [-0.3, -0.25) is 9.59 Å². The van der Waals surface area contributed by atoms with E-state index in [9.17, 15) is 9.59 Å². The third kappa shape index (κ3) is 2.70. The van der Waals surface area contributed by atoms with E-state index in [1.165, 1.54) is 0 Å². The highest BCUT2D eigenvalue weighted by atomic mass is 16.5. The van der Waals surface area contributed by atoms with Gasteiger partial charge in [-0.15, -0.1) is 0 Å². The van der Waals surface area contributed by atoms with Crippen molar-refractivity contribution in [1.29, 1.82) is 0 Å². The molecule has 0 aliphatic carbocycles. The largest absolute Gasteiger partial charge is 0.385 e. The first-order valence-electron chi connectivity index (χ1n) is 4.71. The lowest BCUT2D eigenvalue weighted by Gasteiger charge is -2.15. The fourth-order valence-electron chi connectivity index (χ4n) is 1.58. The minimum absolute atomic E-state index is 0.0184. The van der Waals surface area contributed by atoms with Gasteiger partial charge in [-0.25, -0.2) is 0 Å². The topological polar surface area (TPSA) is 72.6 Å². The van der Waals surface area contributed by atoms with Gasteiger partial charge < -0.3 is 15.4 Å². The van der Waals surface area contributed by atoms with E-state index in [2.05, 4.69) is 0 Å². The van der Waals surface area contributed by atoms with Gasteiger partial charge in [-0.2, -0.15) is 0 Å². The number of nitrogens with zero attached hydrogens (tertiary/aromatic N) is 1. The average molecular weight is 200 g/mol. The fraction of sp³-hybridized carbons (Fsp3) is 0.778. The van der Waals surface area contributed by atoms with Crippen LogP contribution in [0.2, 0.25) is 0 Å². The van der Waals surface area contributed by atoms with Crippen molar-refractivity contribution in [1.82, 2.24) is 4.90 Å². The molecule has 1 saturated heterocycles. The molecular weight excluding hydrogens is 184 g/mol. The molecule has 0 spiro atoms. The molecule has 0 aromatic carbocycles. The summed E-state index contributed by atoms with van der Waals surface area (Å²) < 4.78 is 4.88. The van der Waals surface area contributed by atoms with E-state index in [0.717, 1.165) is 6.42 Å².